The van der Waals surface area contributed by atoms with Gasteiger partial charge in [0, 0.05) is 18.0 Å². The summed E-state index contributed by atoms with van der Waals surface area (Å²) in [6.45, 7) is 7.45. The average Bonchev–Trinajstić information content (AvgIpc) is 2.60. The molecule has 1 heterocycles. The minimum Gasteiger partial charge on any atom is -0.494 e. The number of rotatable bonds is 9. The van der Waals surface area contributed by atoms with E-state index < -0.39 is 0 Å². The molecule has 0 fully saturated rings. The molecule has 0 bridgehead atoms. The second-order valence-corrected chi connectivity index (χ2v) is 6.21. The standard InChI is InChI=1S/C20H28N2O/c1-4-6-7-12-23-19-10-8-18(9-11-19)20-21-14-17(15-22-20)13-16(3)5-2/h8-11,14-16H,4-7,12-13H2,1-3H3. The molecular formula is C20H28N2O. The predicted octanol–water partition coefficient (Wildman–Crippen LogP) is 5.30. The van der Waals surface area contributed by atoms with Crippen molar-refractivity contribution < 1.29 is 4.74 Å². The Kier molecular flexibility index (Phi) is 7.05. The quantitative estimate of drug-likeness (QED) is 0.589. The number of hydrogen-bond acceptors (Lipinski definition) is 3. The van der Waals surface area contributed by atoms with Gasteiger partial charge in [-0.15, -0.1) is 0 Å². The lowest BCUT2D eigenvalue weighted by Gasteiger charge is -2.09. The van der Waals surface area contributed by atoms with Crippen LogP contribution in [0.15, 0.2) is 36.7 Å². The van der Waals surface area contributed by atoms with Crippen molar-refractivity contribution >= 4 is 0 Å². The predicted molar refractivity (Wildman–Crippen MR) is 95.6 cm³/mol. The third-order valence-electron chi connectivity index (χ3n) is 4.12. The second kappa shape index (κ2) is 9.29. The molecule has 0 N–H and O–H groups in total. The zero-order chi connectivity index (χ0) is 16.5. The number of hydrogen-bond donors (Lipinski definition) is 0. The molecule has 0 radical (unpaired) electrons. The van der Waals surface area contributed by atoms with Gasteiger partial charge in [-0.3, -0.25) is 0 Å². The summed E-state index contributed by atoms with van der Waals surface area (Å²) in [6.07, 6.45) is 9.66. The van der Waals surface area contributed by atoms with Crippen LogP contribution in [0.5, 0.6) is 5.75 Å². The van der Waals surface area contributed by atoms with Crippen LogP contribution in [0.25, 0.3) is 11.4 Å². The monoisotopic (exact) mass is 312 g/mol. The molecule has 0 aliphatic heterocycles. The van der Waals surface area contributed by atoms with Crippen molar-refractivity contribution in [2.45, 2.75) is 52.9 Å². The van der Waals surface area contributed by atoms with Gasteiger partial charge < -0.3 is 4.74 Å². The molecule has 0 spiro atoms. The van der Waals surface area contributed by atoms with E-state index in [1.54, 1.807) is 0 Å². The summed E-state index contributed by atoms with van der Waals surface area (Å²) in [5, 5.41) is 0. The van der Waals surface area contributed by atoms with Crippen molar-refractivity contribution in [2.75, 3.05) is 6.61 Å². The molecule has 124 valence electrons. The maximum Gasteiger partial charge on any atom is 0.159 e. The Morgan fingerprint density at radius 2 is 1.70 bits per heavy atom. The van der Waals surface area contributed by atoms with E-state index in [1.165, 1.54) is 24.8 Å². The van der Waals surface area contributed by atoms with Gasteiger partial charge >= 0.3 is 0 Å². The van der Waals surface area contributed by atoms with Crippen molar-refractivity contribution in [1.82, 2.24) is 9.97 Å². The average molecular weight is 312 g/mol. The maximum atomic E-state index is 5.73. The molecule has 1 atom stereocenters. The first-order chi connectivity index (χ1) is 11.2. The molecule has 0 aliphatic rings. The van der Waals surface area contributed by atoms with Crippen LogP contribution in [-0.4, -0.2) is 16.6 Å². The molecule has 3 heteroatoms. The SMILES string of the molecule is CCCCCOc1ccc(-c2ncc(CC(C)CC)cn2)cc1. The Morgan fingerprint density at radius 1 is 1.00 bits per heavy atom. The highest BCUT2D eigenvalue weighted by Gasteiger charge is 2.05. The van der Waals surface area contributed by atoms with Gasteiger partial charge in [0.05, 0.1) is 6.61 Å². The molecule has 23 heavy (non-hydrogen) atoms. The van der Waals surface area contributed by atoms with Crippen LogP contribution in [0.2, 0.25) is 0 Å². The van der Waals surface area contributed by atoms with Crippen molar-refractivity contribution in [3.8, 4) is 17.1 Å². The number of nitrogens with zero attached hydrogens (tertiary/aromatic N) is 2. The molecule has 1 unspecified atom stereocenters. The Labute approximate surface area is 140 Å². The molecule has 2 rings (SSSR count). The summed E-state index contributed by atoms with van der Waals surface area (Å²) in [5.74, 6) is 2.36. The van der Waals surface area contributed by atoms with E-state index in [0.29, 0.717) is 5.92 Å². The van der Waals surface area contributed by atoms with Crippen molar-refractivity contribution in [3.63, 3.8) is 0 Å². The Balaban J connectivity index is 1.93. The third kappa shape index (κ3) is 5.66. The van der Waals surface area contributed by atoms with Crippen LogP contribution < -0.4 is 4.74 Å². The lowest BCUT2D eigenvalue weighted by molar-refractivity contribution is 0.306. The summed E-state index contributed by atoms with van der Waals surface area (Å²) in [7, 11) is 0. The largest absolute Gasteiger partial charge is 0.494 e. The fourth-order valence-corrected chi connectivity index (χ4v) is 2.40. The fraction of sp³-hybridized carbons (Fsp3) is 0.500. The summed E-state index contributed by atoms with van der Waals surface area (Å²) in [5.41, 5.74) is 2.24. The van der Waals surface area contributed by atoms with E-state index in [9.17, 15) is 0 Å². The summed E-state index contributed by atoms with van der Waals surface area (Å²) in [4.78, 5) is 9.00. The normalized spacial score (nSPS) is 12.1. The summed E-state index contributed by atoms with van der Waals surface area (Å²) in [6, 6.07) is 8.05. The lowest BCUT2D eigenvalue weighted by Crippen LogP contribution is -2.00. The minimum atomic E-state index is 0.675. The van der Waals surface area contributed by atoms with Gasteiger partial charge in [0.15, 0.2) is 5.82 Å². The molecule has 3 nitrogen and oxygen atoms in total. The van der Waals surface area contributed by atoms with E-state index in [1.807, 2.05) is 36.7 Å². The number of benzene rings is 1. The van der Waals surface area contributed by atoms with Crippen LogP contribution in [0.1, 0.15) is 52.0 Å². The molecule has 0 saturated carbocycles. The zero-order valence-corrected chi connectivity index (χ0v) is 14.6. The molecule has 2 aromatic rings. The molecule has 0 aliphatic carbocycles. The third-order valence-corrected chi connectivity index (χ3v) is 4.12. The van der Waals surface area contributed by atoms with Crippen LogP contribution in [0.4, 0.5) is 0 Å². The smallest absolute Gasteiger partial charge is 0.159 e. The van der Waals surface area contributed by atoms with Crippen LogP contribution in [-0.2, 0) is 6.42 Å². The van der Waals surface area contributed by atoms with Crippen molar-refractivity contribution in [3.05, 3.63) is 42.2 Å². The highest BCUT2D eigenvalue weighted by atomic mass is 16.5. The fourth-order valence-electron chi connectivity index (χ4n) is 2.40. The van der Waals surface area contributed by atoms with Crippen molar-refractivity contribution in [2.24, 2.45) is 5.92 Å². The van der Waals surface area contributed by atoms with Gasteiger partial charge in [0.25, 0.3) is 0 Å². The number of ether oxygens (including phenoxy) is 1. The first-order valence-electron chi connectivity index (χ1n) is 8.77. The highest BCUT2D eigenvalue weighted by Crippen LogP contribution is 2.20. The maximum absolute atomic E-state index is 5.73. The highest BCUT2D eigenvalue weighted by molar-refractivity contribution is 5.55. The second-order valence-electron chi connectivity index (χ2n) is 6.21. The first kappa shape index (κ1) is 17.5. The van der Waals surface area contributed by atoms with Crippen molar-refractivity contribution in [1.29, 1.82) is 0 Å². The molecule has 1 aromatic carbocycles. The number of unbranched alkanes of at least 4 members (excludes halogenated alkanes) is 2. The van der Waals surface area contributed by atoms with Gasteiger partial charge in [0.1, 0.15) is 5.75 Å². The van der Waals surface area contributed by atoms with Crippen LogP contribution in [0, 0.1) is 5.92 Å². The molecular weight excluding hydrogens is 284 g/mol. The van der Waals surface area contributed by atoms with Crippen LogP contribution in [0.3, 0.4) is 0 Å². The van der Waals surface area contributed by atoms with Gasteiger partial charge in [-0.05, 0) is 48.6 Å². The first-order valence-corrected chi connectivity index (χ1v) is 8.77. The zero-order valence-electron chi connectivity index (χ0n) is 14.6. The van der Waals surface area contributed by atoms with Crippen LogP contribution >= 0.6 is 0 Å². The van der Waals surface area contributed by atoms with Gasteiger partial charge in [-0.1, -0.05) is 40.0 Å². The van der Waals surface area contributed by atoms with E-state index >= 15 is 0 Å². The van der Waals surface area contributed by atoms with Gasteiger partial charge in [-0.25, -0.2) is 9.97 Å². The summed E-state index contributed by atoms with van der Waals surface area (Å²) >= 11 is 0. The lowest BCUT2D eigenvalue weighted by atomic mass is 10.0. The summed E-state index contributed by atoms with van der Waals surface area (Å²) < 4.78 is 5.73. The van der Waals surface area contributed by atoms with E-state index in [-0.39, 0.29) is 0 Å². The Bertz CT molecular complexity index is 563. The van der Waals surface area contributed by atoms with Gasteiger partial charge in [-0.2, -0.15) is 0 Å². The minimum absolute atomic E-state index is 0.675. The van der Waals surface area contributed by atoms with E-state index in [4.69, 9.17) is 4.74 Å². The van der Waals surface area contributed by atoms with E-state index in [2.05, 4.69) is 30.7 Å². The van der Waals surface area contributed by atoms with E-state index in [0.717, 1.165) is 36.6 Å². The molecule has 0 amide bonds. The molecule has 0 saturated heterocycles. The van der Waals surface area contributed by atoms with Gasteiger partial charge in [0.2, 0.25) is 0 Å². The Hall–Kier alpha value is -1.90. The number of aromatic nitrogens is 2. The topological polar surface area (TPSA) is 35.0 Å². The molecule has 1 aromatic heterocycles. The Morgan fingerprint density at radius 3 is 2.30 bits per heavy atom.